The smallest absolute Gasteiger partial charge is 0.259 e. The number of carbonyl (C=O) groups is 1. The van der Waals surface area contributed by atoms with Crippen LogP contribution >= 0.6 is 11.3 Å². The van der Waals surface area contributed by atoms with Gasteiger partial charge in [-0.1, -0.05) is 13.8 Å². The Morgan fingerprint density at radius 1 is 1.34 bits per heavy atom. The van der Waals surface area contributed by atoms with E-state index in [0.29, 0.717) is 24.6 Å². The van der Waals surface area contributed by atoms with Crippen LogP contribution in [0.1, 0.15) is 59.1 Å². The van der Waals surface area contributed by atoms with Gasteiger partial charge in [0.1, 0.15) is 10.6 Å². The van der Waals surface area contributed by atoms with Crippen molar-refractivity contribution in [2.75, 3.05) is 20.1 Å². The quantitative estimate of drug-likeness (QED) is 0.695. The minimum absolute atomic E-state index is 0.179. The van der Waals surface area contributed by atoms with Crippen LogP contribution in [0.25, 0.3) is 0 Å². The number of hydrogen-bond acceptors (Lipinski definition) is 5. The first-order chi connectivity index (χ1) is 13.8. The second-order valence-corrected chi connectivity index (χ2v) is 8.85. The first kappa shape index (κ1) is 21.7. The third-order valence-corrected chi connectivity index (χ3v) is 6.81. The maximum absolute atomic E-state index is 13.3. The Balaban J connectivity index is 1.93. The molecule has 1 atom stereocenters. The van der Waals surface area contributed by atoms with Crippen molar-refractivity contribution in [2.24, 2.45) is 0 Å². The van der Waals surface area contributed by atoms with Gasteiger partial charge in [0.15, 0.2) is 5.43 Å². The highest BCUT2D eigenvalue weighted by molar-refractivity contribution is 7.09. The number of amides is 1. The number of likely N-dealkylation sites (N-methyl/N-ethyl adjacent to an activating group) is 1. The molecule has 0 spiro atoms. The van der Waals surface area contributed by atoms with E-state index in [1.165, 1.54) is 6.42 Å². The summed E-state index contributed by atoms with van der Waals surface area (Å²) in [6, 6.07) is 2.09. The number of pyridine rings is 1. The summed E-state index contributed by atoms with van der Waals surface area (Å²) in [6.07, 6.45) is 3.02. The Hall–Kier alpha value is -1.99. The highest BCUT2D eigenvalue weighted by Crippen LogP contribution is 2.21. The van der Waals surface area contributed by atoms with E-state index in [2.05, 4.69) is 21.4 Å². The molecule has 3 heterocycles. The topological polar surface area (TPSA) is 58.4 Å². The summed E-state index contributed by atoms with van der Waals surface area (Å²) in [5, 5.41) is 2.86. The monoisotopic (exact) mass is 416 g/mol. The first-order valence-corrected chi connectivity index (χ1v) is 11.4. The number of likely N-dealkylation sites (tertiary alicyclic amines) is 1. The van der Waals surface area contributed by atoms with Crippen LogP contribution in [-0.2, 0) is 19.5 Å². The SMILES string of the molecule is CCc1c(C(=O)N(C)Cc2nc(C)cs2)c(=O)cc(C)n1CC1CCCN1CC. The zero-order valence-corrected chi connectivity index (χ0v) is 19.0. The van der Waals surface area contributed by atoms with Gasteiger partial charge >= 0.3 is 0 Å². The van der Waals surface area contributed by atoms with Crippen LogP contribution in [0.5, 0.6) is 0 Å². The molecule has 1 aliphatic rings. The van der Waals surface area contributed by atoms with Gasteiger partial charge in [0.2, 0.25) is 0 Å². The van der Waals surface area contributed by atoms with Gasteiger partial charge in [-0.05, 0) is 46.2 Å². The number of thiazole rings is 1. The van der Waals surface area contributed by atoms with E-state index < -0.39 is 0 Å². The fourth-order valence-electron chi connectivity index (χ4n) is 4.35. The standard InChI is InChI=1S/C22H32N4O2S/c1-6-18-21(22(28)24(5)13-20-23-15(3)14-29-20)19(27)11-16(4)26(18)12-17-9-8-10-25(17)7-2/h11,14,17H,6-10,12-13H2,1-5H3. The Morgan fingerprint density at radius 3 is 2.72 bits per heavy atom. The summed E-state index contributed by atoms with van der Waals surface area (Å²) in [5.41, 5.74) is 2.88. The predicted molar refractivity (Wildman–Crippen MR) is 118 cm³/mol. The molecule has 29 heavy (non-hydrogen) atoms. The molecule has 1 fully saturated rings. The lowest BCUT2D eigenvalue weighted by Crippen LogP contribution is -2.37. The second kappa shape index (κ2) is 9.22. The fourth-order valence-corrected chi connectivity index (χ4v) is 5.17. The maximum Gasteiger partial charge on any atom is 0.259 e. The van der Waals surface area contributed by atoms with Crippen molar-refractivity contribution in [1.29, 1.82) is 0 Å². The van der Waals surface area contributed by atoms with Gasteiger partial charge in [-0.15, -0.1) is 11.3 Å². The molecule has 2 aromatic rings. The third kappa shape index (κ3) is 4.61. The van der Waals surface area contributed by atoms with Crippen molar-refractivity contribution in [3.05, 3.63) is 49.3 Å². The van der Waals surface area contributed by atoms with Crippen LogP contribution in [0.3, 0.4) is 0 Å². The van der Waals surface area contributed by atoms with Gasteiger partial charge in [-0.3, -0.25) is 14.5 Å². The molecule has 1 unspecified atom stereocenters. The zero-order valence-electron chi connectivity index (χ0n) is 18.2. The number of hydrogen-bond donors (Lipinski definition) is 0. The van der Waals surface area contributed by atoms with Crippen LogP contribution in [0.4, 0.5) is 0 Å². The molecule has 0 N–H and O–H groups in total. The van der Waals surface area contributed by atoms with Crippen molar-refractivity contribution in [3.8, 4) is 0 Å². The molecule has 0 aromatic carbocycles. The van der Waals surface area contributed by atoms with Crippen molar-refractivity contribution in [2.45, 2.75) is 66.1 Å². The van der Waals surface area contributed by atoms with Crippen molar-refractivity contribution in [1.82, 2.24) is 19.4 Å². The van der Waals surface area contributed by atoms with Gasteiger partial charge in [-0.2, -0.15) is 0 Å². The van der Waals surface area contributed by atoms with Crippen LogP contribution in [0.2, 0.25) is 0 Å². The molecular weight excluding hydrogens is 384 g/mol. The molecule has 1 amide bonds. The van der Waals surface area contributed by atoms with Gasteiger partial charge < -0.3 is 9.47 Å². The van der Waals surface area contributed by atoms with Gasteiger partial charge in [0, 0.05) is 48.2 Å². The van der Waals surface area contributed by atoms with E-state index in [1.807, 2.05) is 26.2 Å². The normalized spacial score (nSPS) is 17.1. The molecule has 1 saturated heterocycles. The Bertz CT molecular complexity index is 933. The number of carbonyl (C=O) groups excluding carboxylic acids is 1. The largest absolute Gasteiger partial charge is 0.346 e. The molecule has 1 aliphatic heterocycles. The van der Waals surface area contributed by atoms with E-state index in [1.54, 1.807) is 29.4 Å². The highest BCUT2D eigenvalue weighted by atomic mass is 32.1. The number of aromatic nitrogens is 2. The van der Waals surface area contributed by atoms with Gasteiger partial charge in [-0.25, -0.2) is 4.98 Å². The van der Waals surface area contributed by atoms with E-state index in [-0.39, 0.29) is 11.3 Å². The zero-order chi connectivity index (χ0) is 21.1. The van der Waals surface area contributed by atoms with Gasteiger partial charge in [0.05, 0.1) is 6.54 Å². The lowest BCUT2D eigenvalue weighted by molar-refractivity contribution is 0.0781. The number of nitrogens with zero attached hydrogens (tertiary/aromatic N) is 4. The summed E-state index contributed by atoms with van der Waals surface area (Å²) < 4.78 is 2.20. The average Bonchev–Trinajstić information content (AvgIpc) is 3.31. The van der Waals surface area contributed by atoms with E-state index in [0.717, 1.165) is 48.1 Å². The maximum atomic E-state index is 13.3. The summed E-state index contributed by atoms with van der Waals surface area (Å²) in [7, 11) is 1.75. The van der Waals surface area contributed by atoms with Gasteiger partial charge in [0.25, 0.3) is 5.91 Å². The van der Waals surface area contributed by atoms with E-state index >= 15 is 0 Å². The predicted octanol–water partition coefficient (Wildman–Crippen LogP) is 3.24. The molecular formula is C22H32N4O2S. The van der Waals surface area contributed by atoms with E-state index in [9.17, 15) is 9.59 Å². The van der Waals surface area contributed by atoms with Crippen LogP contribution in [0, 0.1) is 13.8 Å². The minimum Gasteiger partial charge on any atom is -0.346 e. The summed E-state index contributed by atoms with van der Waals surface area (Å²) in [4.78, 5) is 34.7. The Labute approximate surface area is 177 Å². The lowest BCUT2D eigenvalue weighted by Gasteiger charge is -2.28. The summed E-state index contributed by atoms with van der Waals surface area (Å²) >= 11 is 1.54. The molecule has 0 aliphatic carbocycles. The van der Waals surface area contributed by atoms with E-state index in [4.69, 9.17) is 0 Å². The summed E-state index contributed by atoms with van der Waals surface area (Å²) in [5.74, 6) is -0.216. The van der Waals surface area contributed by atoms with Crippen molar-refractivity contribution >= 4 is 17.2 Å². The molecule has 0 bridgehead atoms. The lowest BCUT2D eigenvalue weighted by atomic mass is 10.1. The molecule has 6 nitrogen and oxygen atoms in total. The fraction of sp³-hybridized carbons (Fsp3) is 0.591. The third-order valence-electron chi connectivity index (χ3n) is 5.86. The summed E-state index contributed by atoms with van der Waals surface area (Å²) in [6.45, 7) is 11.6. The number of aryl methyl sites for hydroxylation is 2. The molecule has 3 rings (SSSR count). The molecule has 0 saturated carbocycles. The molecule has 2 aromatic heterocycles. The highest BCUT2D eigenvalue weighted by Gasteiger charge is 2.27. The average molecular weight is 417 g/mol. The Kier molecular flexibility index (Phi) is 6.90. The van der Waals surface area contributed by atoms with Crippen LogP contribution < -0.4 is 5.43 Å². The first-order valence-electron chi connectivity index (χ1n) is 10.5. The number of rotatable bonds is 7. The van der Waals surface area contributed by atoms with Crippen LogP contribution in [-0.4, -0.2) is 51.4 Å². The van der Waals surface area contributed by atoms with Crippen molar-refractivity contribution < 1.29 is 4.79 Å². The molecule has 0 radical (unpaired) electrons. The van der Waals surface area contributed by atoms with Crippen LogP contribution in [0.15, 0.2) is 16.2 Å². The van der Waals surface area contributed by atoms with Crippen molar-refractivity contribution in [3.63, 3.8) is 0 Å². The minimum atomic E-state index is -0.216. The Morgan fingerprint density at radius 2 is 2.10 bits per heavy atom. The molecule has 7 heteroatoms. The molecule has 158 valence electrons. The second-order valence-electron chi connectivity index (χ2n) is 7.90.